The second-order valence-electron chi connectivity index (χ2n) is 2.42. The van der Waals surface area contributed by atoms with E-state index >= 15 is 0 Å². The van der Waals surface area contributed by atoms with Gasteiger partial charge in [-0.25, -0.2) is 0 Å². The van der Waals surface area contributed by atoms with Gasteiger partial charge >= 0.3 is 0 Å². The van der Waals surface area contributed by atoms with E-state index in [1.807, 2.05) is 13.8 Å². The van der Waals surface area contributed by atoms with Gasteiger partial charge in [-0.2, -0.15) is 0 Å². The van der Waals surface area contributed by atoms with Crippen molar-refractivity contribution in [3.8, 4) is 0 Å². The minimum Gasteiger partial charge on any atom is -0.406 e. The van der Waals surface area contributed by atoms with E-state index in [-0.39, 0.29) is 0 Å². The lowest BCUT2D eigenvalue weighted by molar-refractivity contribution is 1.17. The van der Waals surface area contributed by atoms with Crippen LogP contribution in [0.5, 0.6) is 0 Å². The first-order chi connectivity index (χ1) is 5.15. The van der Waals surface area contributed by atoms with Gasteiger partial charge in [0.1, 0.15) is 5.69 Å². The number of anilines is 1. The van der Waals surface area contributed by atoms with Crippen LogP contribution in [0.3, 0.4) is 0 Å². The molecule has 0 amide bonds. The molecule has 2 N–H and O–H groups in total. The Labute approximate surface area is 65.7 Å². The molecule has 0 saturated heterocycles. The number of nitrogens with two attached hydrogens (primary N) is 1. The highest BCUT2D eigenvalue weighted by Crippen LogP contribution is 2.21. The molecule has 3 heteroatoms. The molecule has 0 aliphatic carbocycles. The predicted molar refractivity (Wildman–Crippen MR) is 44.4 cm³/mol. The number of aryl methyl sites for hydroxylation is 2. The van der Waals surface area contributed by atoms with Gasteiger partial charge in [-0.3, -0.25) is 0 Å². The second kappa shape index (κ2) is 2.59. The van der Waals surface area contributed by atoms with Crippen LogP contribution in [-0.2, 0) is 0 Å². The second-order valence-corrected chi connectivity index (χ2v) is 2.42. The first kappa shape index (κ1) is 7.55. The fourth-order valence-corrected chi connectivity index (χ4v) is 0.803. The van der Waals surface area contributed by atoms with Crippen molar-refractivity contribution in [3.05, 3.63) is 28.7 Å². The smallest absolute Gasteiger partial charge is 0.292 e. The molecular weight excluding hydrogens is 138 g/mol. The number of rotatable bonds is 0. The lowest BCUT2D eigenvalue weighted by Gasteiger charge is -1.98. The van der Waals surface area contributed by atoms with Crippen molar-refractivity contribution < 1.29 is 0 Å². The number of hydrogen-bond donors (Lipinski definition) is 1. The van der Waals surface area contributed by atoms with Crippen LogP contribution in [0.25, 0.3) is 4.85 Å². The van der Waals surface area contributed by atoms with Crippen molar-refractivity contribution in [1.29, 1.82) is 0 Å². The molecule has 0 aromatic carbocycles. The zero-order chi connectivity index (χ0) is 8.43. The Morgan fingerprint density at radius 3 is 2.73 bits per heavy atom. The van der Waals surface area contributed by atoms with Gasteiger partial charge in [-0.05, 0) is 18.6 Å². The number of pyridine rings is 1. The molecule has 0 spiro atoms. The molecule has 0 unspecified atom stereocenters. The summed E-state index contributed by atoms with van der Waals surface area (Å²) >= 11 is 0. The predicted octanol–water partition coefficient (Wildman–Crippen LogP) is 1.83. The minimum absolute atomic E-state index is 0.299. The highest BCUT2D eigenvalue weighted by Gasteiger charge is 2.04. The van der Waals surface area contributed by atoms with Crippen molar-refractivity contribution in [2.45, 2.75) is 13.8 Å². The normalized spacial score (nSPS) is 9.18. The Kier molecular flexibility index (Phi) is 1.77. The van der Waals surface area contributed by atoms with Crippen molar-refractivity contribution in [1.82, 2.24) is 4.98 Å². The van der Waals surface area contributed by atoms with Crippen LogP contribution in [-0.4, -0.2) is 4.98 Å². The number of nitrogens with zero attached hydrogens (tertiary/aromatic N) is 2. The highest BCUT2D eigenvalue weighted by atomic mass is 14.9. The molecule has 0 atom stereocenters. The Hall–Kier alpha value is -1.56. The maximum Gasteiger partial charge on any atom is 0.292 e. The Morgan fingerprint density at radius 2 is 2.18 bits per heavy atom. The van der Waals surface area contributed by atoms with Crippen molar-refractivity contribution in [2.75, 3.05) is 5.73 Å². The molecule has 0 aliphatic rings. The van der Waals surface area contributed by atoms with E-state index in [0.717, 1.165) is 11.3 Å². The monoisotopic (exact) mass is 147 g/mol. The van der Waals surface area contributed by atoms with Gasteiger partial charge in [-0.15, -0.1) is 4.98 Å². The maximum absolute atomic E-state index is 6.73. The van der Waals surface area contributed by atoms with Crippen LogP contribution in [0.1, 0.15) is 11.3 Å². The summed E-state index contributed by atoms with van der Waals surface area (Å²) in [5, 5.41) is 0. The summed E-state index contributed by atoms with van der Waals surface area (Å²) in [4.78, 5) is 7.20. The van der Waals surface area contributed by atoms with Gasteiger partial charge < -0.3 is 10.6 Å². The summed E-state index contributed by atoms with van der Waals surface area (Å²) in [7, 11) is 0. The maximum atomic E-state index is 6.73. The Balaban J connectivity index is 3.35. The van der Waals surface area contributed by atoms with Gasteiger partial charge in [0.2, 0.25) is 0 Å². The van der Waals surface area contributed by atoms with E-state index in [4.69, 9.17) is 12.3 Å². The molecule has 0 aliphatic heterocycles. The number of aromatic nitrogens is 1. The van der Waals surface area contributed by atoms with Crippen molar-refractivity contribution >= 4 is 11.5 Å². The van der Waals surface area contributed by atoms with Crippen LogP contribution in [0.2, 0.25) is 0 Å². The van der Waals surface area contributed by atoms with Crippen LogP contribution in [0.15, 0.2) is 6.07 Å². The van der Waals surface area contributed by atoms with E-state index in [2.05, 4.69) is 9.83 Å². The summed E-state index contributed by atoms with van der Waals surface area (Å²) in [5.41, 5.74) is 7.87. The van der Waals surface area contributed by atoms with Gasteiger partial charge in [-0.1, -0.05) is 6.57 Å². The fourth-order valence-electron chi connectivity index (χ4n) is 0.803. The van der Waals surface area contributed by atoms with E-state index in [9.17, 15) is 0 Å². The topological polar surface area (TPSA) is 43.3 Å². The molecule has 0 saturated carbocycles. The van der Waals surface area contributed by atoms with Gasteiger partial charge in [0.05, 0.1) is 5.69 Å². The average Bonchev–Trinajstić information content (AvgIpc) is 1.97. The summed E-state index contributed by atoms with van der Waals surface area (Å²) in [6, 6.07) is 1.77. The van der Waals surface area contributed by atoms with Crippen molar-refractivity contribution in [2.24, 2.45) is 0 Å². The minimum atomic E-state index is 0.299. The first-order valence-corrected chi connectivity index (χ1v) is 3.26. The van der Waals surface area contributed by atoms with E-state index < -0.39 is 0 Å². The average molecular weight is 147 g/mol. The quantitative estimate of drug-likeness (QED) is 0.569. The summed E-state index contributed by atoms with van der Waals surface area (Å²) in [5.74, 6) is 0.299. The van der Waals surface area contributed by atoms with E-state index in [0.29, 0.717) is 11.5 Å². The molecule has 0 fully saturated rings. The van der Waals surface area contributed by atoms with Gasteiger partial charge in [0.25, 0.3) is 5.82 Å². The molecule has 0 radical (unpaired) electrons. The van der Waals surface area contributed by atoms with Crippen LogP contribution in [0, 0.1) is 20.4 Å². The molecular formula is C8H9N3. The SMILES string of the molecule is [C-]#[N+]c1nc(C)c(C)cc1N. The van der Waals surface area contributed by atoms with Gasteiger partial charge in [0, 0.05) is 6.92 Å². The van der Waals surface area contributed by atoms with Crippen LogP contribution >= 0.6 is 0 Å². The lowest BCUT2D eigenvalue weighted by Crippen LogP contribution is -1.92. The third-order valence-electron chi connectivity index (χ3n) is 1.58. The third kappa shape index (κ3) is 1.30. The highest BCUT2D eigenvalue weighted by molar-refractivity contribution is 5.63. The number of nitrogen functional groups attached to an aromatic ring is 1. The molecule has 11 heavy (non-hydrogen) atoms. The molecule has 3 nitrogen and oxygen atoms in total. The zero-order valence-electron chi connectivity index (χ0n) is 6.55. The van der Waals surface area contributed by atoms with E-state index in [1.165, 1.54) is 0 Å². The zero-order valence-corrected chi connectivity index (χ0v) is 6.55. The summed E-state index contributed by atoms with van der Waals surface area (Å²) in [6.45, 7) is 10.5. The van der Waals surface area contributed by atoms with E-state index in [1.54, 1.807) is 6.07 Å². The third-order valence-corrected chi connectivity index (χ3v) is 1.58. The van der Waals surface area contributed by atoms with Crippen LogP contribution in [0.4, 0.5) is 11.5 Å². The molecule has 1 aromatic heterocycles. The fraction of sp³-hybridized carbons (Fsp3) is 0.250. The summed E-state index contributed by atoms with van der Waals surface area (Å²) in [6.07, 6.45) is 0. The molecule has 0 bridgehead atoms. The largest absolute Gasteiger partial charge is 0.406 e. The Bertz CT molecular complexity index is 323. The molecule has 56 valence electrons. The first-order valence-electron chi connectivity index (χ1n) is 3.26. The molecule has 1 aromatic rings. The van der Waals surface area contributed by atoms with Crippen molar-refractivity contribution in [3.63, 3.8) is 0 Å². The number of hydrogen-bond acceptors (Lipinski definition) is 2. The molecule has 1 heterocycles. The van der Waals surface area contributed by atoms with Crippen LogP contribution < -0.4 is 5.73 Å². The Morgan fingerprint density at radius 1 is 1.55 bits per heavy atom. The molecule has 1 rings (SSSR count). The lowest BCUT2D eigenvalue weighted by atomic mass is 10.2. The van der Waals surface area contributed by atoms with Gasteiger partial charge in [0.15, 0.2) is 0 Å². The summed E-state index contributed by atoms with van der Waals surface area (Å²) < 4.78 is 0. The standard InChI is InChI=1S/C8H9N3/c1-5-4-7(9)8(10-3)11-6(5)2/h4H,9H2,1-2H3.